The molecular weight excluding hydrogens is 1130 g/mol. The molecule has 18 nitrogen and oxygen atoms in total. The number of epoxide rings is 1. The average Bonchev–Trinajstić information content (AvgIpc) is 3.98. The highest BCUT2D eigenvalue weighted by molar-refractivity contribution is 7.86. The molecule has 1 saturated heterocycles. The zero-order valence-corrected chi connectivity index (χ0v) is 60.9. The van der Waals surface area contributed by atoms with Gasteiger partial charge in [0.2, 0.25) is 0 Å². The van der Waals surface area contributed by atoms with Crippen molar-refractivity contribution in [3.05, 3.63) is 0 Å². The Hall–Kier alpha value is 1.48. The molecule has 0 aromatic carbocycles. The van der Waals surface area contributed by atoms with Gasteiger partial charge >= 0.3 is 51.4 Å². The molecule has 1 heterocycles. The van der Waals surface area contributed by atoms with Crippen molar-refractivity contribution >= 4 is 94.8 Å². The molecule has 6 unspecified atom stereocenters. The summed E-state index contributed by atoms with van der Waals surface area (Å²) in [5.41, 5.74) is 0. The van der Waals surface area contributed by atoms with Crippen molar-refractivity contribution in [1.29, 1.82) is 0 Å². The number of hydrogen-bond donors (Lipinski definition) is 1. The van der Waals surface area contributed by atoms with Gasteiger partial charge in [0.25, 0.3) is 10.1 Å². The fraction of sp³-hybridized carbons (Fsp3) is 1.00. The summed E-state index contributed by atoms with van der Waals surface area (Å²) in [7, 11) is -27.1. The van der Waals surface area contributed by atoms with E-state index in [2.05, 4.69) is 149 Å². The molecule has 0 aromatic rings. The summed E-state index contributed by atoms with van der Waals surface area (Å²) in [6, 6.07) is 3.19. The van der Waals surface area contributed by atoms with Gasteiger partial charge in [0.15, 0.2) is 33.3 Å². The first-order valence-corrected chi connectivity index (χ1v) is 57.7. The van der Waals surface area contributed by atoms with Crippen molar-refractivity contribution in [2.45, 2.75) is 220 Å². The second kappa shape index (κ2) is 33.4. The van der Waals surface area contributed by atoms with E-state index in [9.17, 15) is 18.8 Å². The normalized spacial score (nSPS) is 19.0. The predicted molar refractivity (Wildman–Crippen MR) is 316 cm³/mol. The van der Waals surface area contributed by atoms with Crippen LogP contribution in [0.15, 0.2) is 0 Å². The third kappa shape index (κ3) is 42.1. The van der Waals surface area contributed by atoms with Gasteiger partial charge in [-0.3, -0.25) is 0 Å². The van der Waals surface area contributed by atoms with Gasteiger partial charge in [-0.25, -0.2) is 0 Å². The predicted octanol–water partition coefficient (Wildman–Crippen LogP) is 9.96. The molecule has 0 aliphatic carbocycles. The van der Waals surface area contributed by atoms with Crippen molar-refractivity contribution in [2.75, 3.05) is 65.2 Å². The zero-order chi connectivity index (χ0) is 56.7. The largest absolute Gasteiger partial charge is 0.707 e. The number of ether oxygens (including phenoxy) is 5. The summed E-state index contributed by atoms with van der Waals surface area (Å²) >= 11 is 0. The van der Waals surface area contributed by atoms with Crippen LogP contribution in [-0.2, 0) is 71.1 Å². The van der Waals surface area contributed by atoms with Crippen LogP contribution in [0.1, 0.15) is 52.4 Å². The minimum absolute atomic E-state index is 0.232. The quantitative estimate of drug-likeness (QED) is 0.0198. The van der Waals surface area contributed by atoms with Gasteiger partial charge in [0.1, 0.15) is 11.9 Å². The first-order chi connectivity index (χ1) is 33.0. The topological polar surface area (TPSA) is 210 Å². The molecule has 0 radical (unpaired) electrons. The Balaban J connectivity index is 0.00000143. The Morgan fingerprint density at radius 1 is 0.479 bits per heavy atom. The number of hydrogen-bond acceptors (Lipinski definition) is 18. The highest BCUT2D eigenvalue weighted by Gasteiger charge is 2.50. The van der Waals surface area contributed by atoms with Crippen LogP contribution in [0.5, 0.6) is 0 Å². The van der Waals surface area contributed by atoms with Gasteiger partial charge < -0.3 is 71.3 Å². The number of aliphatic hydroxyl groups excluding tert-OH is 1. The van der Waals surface area contributed by atoms with Crippen molar-refractivity contribution in [2.24, 2.45) is 0 Å². The lowest BCUT2D eigenvalue weighted by Gasteiger charge is -2.44. The van der Waals surface area contributed by atoms with Crippen LogP contribution in [0.4, 0.5) is 0 Å². The van der Waals surface area contributed by atoms with Crippen LogP contribution in [0.2, 0.25) is 155 Å². The van der Waals surface area contributed by atoms with E-state index < -0.39 is 107 Å². The Labute approximate surface area is 456 Å². The molecule has 6 atom stereocenters. The van der Waals surface area contributed by atoms with Crippen molar-refractivity contribution in [3.8, 4) is 0 Å². The minimum atomic E-state index is -4.31. The Morgan fingerprint density at radius 3 is 1.10 bits per heavy atom. The lowest BCUT2D eigenvalue weighted by Crippen LogP contribution is -2.60. The van der Waals surface area contributed by atoms with E-state index in [1.807, 2.05) is 0 Å². The summed E-state index contributed by atoms with van der Waals surface area (Å²) in [6.45, 7) is 52.8. The molecular formula is C44H109O18SSi10-. The van der Waals surface area contributed by atoms with E-state index in [0.29, 0.717) is 38.4 Å². The van der Waals surface area contributed by atoms with Crippen LogP contribution in [0, 0.1) is 0 Å². The second-order valence-electron chi connectivity index (χ2n) is 24.8. The highest BCUT2D eigenvalue weighted by Crippen LogP contribution is 2.34. The fourth-order valence-electron chi connectivity index (χ4n) is 8.64. The van der Waals surface area contributed by atoms with Gasteiger partial charge in [0, 0.05) is 39.6 Å². The molecule has 0 spiro atoms. The maximum atomic E-state index is 11.2. The number of aliphatic hydroxyl groups is 1. The summed E-state index contributed by atoms with van der Waals surface area (Å²) < 4.78 is 108. The van der Waals surface area contributed by atoms with Gasteiger partial charge in [-0.2, -0.15) is 8.42 Å². The van der Waals surface area contributed by atoms with Gasteiger partial charge in [-0.1, -0.05) is 13.8 Å². The van der Waals surface area contributed by atoms with Crippen LogP contribution in [-0.4, -0.2) is 176 Å². The summed E-state index contributed by atoms with van der Waals surface area (Å²) in [5, 5.41) is 20.1. The van der Waals surface area contributed by atoms with Crippen LogP contribution in [0.25, 0.3) is 0 Å². The Morgan fingerprint density at radius 2 is 0.795 bits per heavy atom. The first-order valence-electron chi connectivity index (χ1n) is 26.8. The van der Waals surface area contributed by atoms with Crippen molar-refractivity contribution in [1.82, 2.24) is 0 Å². The SMILES string of the molecule is CCCOCCC[Si](C)(O[Si](C)(C)C)O[Si](C)(CCCOCC(O)CS(=O)(=O)O[O-])O[Si](C)(C)O[Si](C)(C)C.CCCOCCC[Si](C)(O[Si](C)(C)C)O[Si](C)(CCCOCC1CO1)O[Si](C)(C)O[Si](C)(C)C. The maximum absolute atomic E-state index is 11.2. The third-order valence-corrected chi connectivity index (χ3v) is 47.4. The summed E-state index contributed by atoms with van der Waals surface area (Å²) in [4.78, 5) is 0. The molecule has 29 heteroatoms. The Bertz CT molecular complexity index is 1600. The van der Waals surface area contributed by atoms with Crippen molar-refractivity contribution < 1.29 is 79.7 Å². The van der Waals surface area contributed by atoms with E-state index in [-0.39, 0.29) is 13.2 Å². The average molecular weight is 1240 g/mol. The smallest absolute Gasteiger partial charge is 0.317 e. The monoisotopic (exact) mass is 1240 g/mol. The zero-order valence-electron chi connectivity index (χ0n) is 50.1. The van der Waals surface area contributed by atoms with E-state index in [1.165, 1.54) is 0 Å². The standard InChI is InChI=1S/C22H56O11SSi5.C22H54O7Si5/c1-12-15-27-16-13-18-38(10,31-36(5,6)7)33-39(11,32-37(8,9)30-35(2,3)4)19-14-17-28-20-22(23)21-34(25,26)29-24;1-12-15-23-16-13-18-33(10,27-31(5,6)7)29-34(11,19-14-17-24-20-22-21-25-22)28-32(8,9)26-30(2,3)4/h22-24H,12-21H2,1-11H3;22H,12-21H2,1-11H3/p-1. The van der Waals surface area contributed by atoms with Crippen molar-refractivity contribution in [3.63, 3.8) is 0 Å². The molecule has 0 saturated carbocycles. The van der Waals surface area contributed by atoms with E-state index in [4.69, 9.17) is 56.6 Å². The molecule has 1 aliphatic rings. The molecule has 0 amide bonds. The van der Waals surface area contributed by atoms with E-state index >= 15 is 0 Å². The molecule has 1 aliphatic heterocycles. The fourth-order valence-corrected chi connectivity index (χ4v) is 56.7. The molecule has 440 valence electrons. The lowest BCUT2D eigenvalue weighted by molar-refractivity contribution is -0.635. The minimum Gasteiger partial charge on any atom is -0.707 e. The van der Waals surface area contributed by atoms with Crippen LogP contribution < -0.4 is 5.26 Å². The van der Waals surface area contributed by atoms with E-state index in [1.54, 1.807) is 0 Å². The molecule has 1 N–H and O–H groups in total. The Kier molecular flexibility index (Phi) is 34.1. The molecule has 0 bridgehead atoms. The van der Waals surface area contributed by atoms with Gasteiger partial charge in [-0.15, -0.1) is 0 Å². The van der Waals surface area contributed by atoms with Crippen LogP contribution in [0.3, 0.4) is 0 Å². The second-order valence-corrected chi connectivity index (χ2v) is 66.5. The molecule has 73 heavy (non-hydrogen) atoms. The molecule has 0 aromatic heterocycles. The lowest BCUT2D eigenvalue weighted by atomic mass is 10.4. The highest BCUT2D eigenvalue weighted by atomic mass is 32.2. The number of rotatable bonds is 43. The van der Waals surface area contributed by atoms with Gasteiger partial charge in [0.05, 0.1) is 25.9 Å². The van der Waals surface area contributed by atoms with Gasteiger partial charge in [-0.05, 0) is 194 Å². The third-order valence-electron chi connectivity index (χ3n) is 9.83. The molecule has 1 rings (SSSR count). The first kappa shape index (κ1) is 74.5. The van der Waals surface area contributed by atoms with Crippen LogP contribution >= 0.6 is 0 Å². The summed E-state index contributed by atoms with van der Waals surface area (Å²) in [6.07, 6.45) is 4.25. The summed E-state index contributed by atoms with van der Waals surface area (Å²) in [5.74, 6) is -0.817. The van der Waals surface area contributed by atoms with E-state index in [0.717, 1.165) is 76.7 Å². The molecule has 1 fully saturated rings. The maximum Gasteiger partial charge on any atom is 0.317 e.